The molecule has 0 fully saturated rings. The Bertz CT molecular complexity index is 3020. The van der Waals surface area contributed by atoms with Crippen LogP contribution in [-0.2, 0) is 0 Å². The van der Waals surface area contributed by atoms with E-state index in [2.05, 4.69) is 206 Å². The molecule has 1 heterocycles. The maximum atomic E-state index is 5.27. The highest BCUT2D eigenvalue weighted by Crippen LogP contribution is 2.38. The largest absolute Gasteiger partial charge is 0.208 e. The molecule has 0 amide bonds. The highest BCUT2D eigenvalue weighted by molar-refractivity contribution is 6.05. The Hall–Kier alpha value is -7.49. The highest BCUT2D eigenvalue weighted by atomic mass is 15.0. The van der Waals surface area contributed by atoms with Gasteiger partial charge in [-0.2, -0.15) is 0 Å². The van der Waals surface area contributed by atoms with Crippen LogP contribution < -0.4 is 0 Å². The van der Waals surface area contributed by atoms with E-state index in [4.69, 9.17) is 15.0 Å². The van der Waals surface area contributed by atoms with Crippen molar-refractivity contribution in [3.8, 4) is 78.7 Å². The number of hydrogen-bond acceptors (Lipinski definition) is 3. The van der Waals surface area contributed by atoms with Gasteiger partial charge in [0.05, 0.1) is 0 Å². The van der Waals surface area contributed by atoms with Crippen molar-refractivity contribution in [1.82, 2.24) is 15.0 Å². The van der Waals surface area contributed by atoms with Crippen molar-refractivity contribution in [2.75, 3.05) is 0 Å². The van der Waals surface area contributed by atoms with Crippen LogP contribution in [0.5, 0.6) is 0 Å². The molecule has 9 aromatic carbocycles. The van der Waals surface area contributed by atoms with Gasteiger partial charge in [0.2, 0.25) is 0 Å². The number of benzene rings is 9. The van der Waals surface area contributed by atoms with Crippen LogP contribution >= 0.6 is 0 Å². The predicted molar refractivity (Wildman–Crippen MR) is 233 cm³/mol. The van der Waals surface area contributed by atoms with Gasteiger partial charge in [-0.05, 0) is 78.2 Å². The predicted octanol–water partition coefficient (Wildman–Crippen LogP) is 13.8. The summed E-state index contributed by atoms with van der Waals surface area (Å²) in [5, 5.41) is 4.79. The monoisotopic (exact) mass is 713 g/mol. The molecule has 3 heteroatoms. The third kappa shape index (κ3) is 6.21. The summed E-state index contributed by atoms with van der Waals surface area (Å²) in [5.41, 5.74) is 11.9. The van der Waals surface area contributed by atoms with Gasteiger partial charge in [-0.25, -0.2) is 15.0 Å². The molecule has 0 saturated carbocycles. The summed E-state index contributed by atoms with van der Waals surface area (Å²) in [6, 6.07) is 74.7. The topological polar surface area (TPSA) is 38.7 Å². The average Bonchev–Trinajstić information content (AvgIpc) is 3.29. The van der Waals surface area contributed by atoms with Crippen LogP contribution in [0.25, 0.3) is 100 Å². The van der Waals surface area contributed by atoms with E-state index in [9.17, 15) is 0 Å². The second-order valence-corrected chi connectivity index (χ2v) is 14.0. The minimum Gasteiger partial charge on any atom is -0.208 e. The molecule has 10 aromatic rings. The fourth-order valence-electron chi connectivity index (χ4n) is 7.85. The van der Waals surface area contributed by atoms with Gasteiger partial charge in [0.25, 0.3) is 0 Å². The van der Waals surface area contributed by atoms with Gasteiger partial charge in [-0.15, -0.1) is 0 Å². The van der Waals surface area contributed by atoms with Crippen LogP contribution in [0, 0.1) is 0 Å². The quantitative estimate of drug-likeness (QED) is 0.165. The maximum absolute atomic E-state index is 5.27. The zero-order valence-electron chi connectivity index (χ0n) is 30.5. The Morgan fingerprint density at radius 2 is 0.625 bits per heavy atom. The molecular weight excluding hydrogens is 679 g/mol. The summed E-state index contributed by atoms with van der Waals surface area (Å²) in [6.07, 6.45) is 0. The molecule has 1 aromatic heterocycles. The SMILES string of the molecule is c1ccc(-c2cccc(-c3nc(-c4cccc(-c5cccc6c(-c7ccccc7)cccc56)c4)nc(-c4ccccc4-c4cccc5ccccc45)n3)c2)cc1. The van der Waals surface area contributed by atoms with E-state index in [1.54, 1.807) is 0 Å². The van der Waals surface area contributed by atoms with Crippen molar-refractivity contribution in [2.45, 2.75) is 0 Å². The number of nitrogens with zero attached hydrogens (tertiary/aromatic N) is 3. The smallest absolute Gasteiger partial charge is 0.164 e. The number of hydrogen-bond donors (Lipinski definition) is 0. The van der Waals surface area contributed by atoms with E-state index in [0.29, 0.717) is 17.5 Å². The Morgan fingerprint density at radius 3 is 1.34 bits per heavy atom. The number of fused-ring (bicyclic) bond motifs is 2. The Kier molecular flexibility index (Phi) is 8.51. The van der Waals surface area contributed by atoms with Crippen molar-refractivity contribution in [3.05, 3.63) is 212 Å². The van der Waals surface area contributed by atoms with Gasteiger partial charge in [-0.3, -0.25) is 0 Å². The van der Waals surface area contributed by atoms with Gasteiger partial charge in [-0.1, -0.05) is 200 Å². The molecule has 3 nitrogen and oxygen atoms in total. The molecule has 0 radical (unpaired) electrons. The molecule has 0 saturated heterocycles. The molecular formula is C53H35N3. The van der Waals surface area contributed by atoms with Gasteiger partial charge in [0.1, 0.15) is 0 Å². The lowest BCUT2D eigenvalue weighted by molar-refractivity contribution is 1.07. The summed E-state index contributed by atoms with van der Waals surface area (Å²) in [7, 11) is 0. The Morgan fingerprint density at radius 1 is 0.214 bits per heavy atom. The first-order chi connectivity index (χ1) is 27.8. The summed E-state index contributed by atoms with van der Waals surface area (Å²) in [4.78, 5) is 15.7. The van der Waals surface area contributed by atoms with Crippen molar-refractivity contribution in [1.29, 1.82) is 0 Å². The first-order valence-corrected chi connectivity index (χ1v) is 18.9. The summed E-state index contributed by atoms with van der Waals surface area (Å²) in [5.74, 6) is 1.87. The van der Waals surface area contributed by atoms with Crippen LogP contribution in [0.4, 0.5) is 0 Å². The molecule has 0 aliphatic heterocycles. The highest BCUT2D eigenvalue weighted by Gasteiger charge is 2.18. The van der Waals surface area contributed by atoms with Crippen molar-refractivity contribution in [2.24, 2.45) is 0 Å². The molecule has 0 N–H and O–H groups in total. The third-order valence-electron chi connectivity index (χ3n) is 10.5. The Balaban J connectivity index is 1.15. The zero-order valence-corrected chi connectivity index (χ0v) is 30.5. The molecule has 0 unspecified atom stereocenters. The van der Waals surface area contributed by atoms with Crippen molar-refractivity contribution >= 4 is 21.5 Å². The van der Waals surface area contributed by atoms with E-state index in [1.165, 1.54) is 32.7 Å². The van der Waals surface area contributed by atoms with Crippen molar-refractivity contribution < 1.29 is 0 Å². The fraction of sp³-hybridized carbons (Fsp3) is 0. The van der Waals surface area contributed by atoms with E-state index in [0.717, 1.165) is 50.1 Å². The average molecular weight is 714 g/mol. The molecule has 262 valence electrons. The summed E-state index contributed by atoms with van der Waals surface area (Å²) < 4.78 is 0. The van der Waals surface area contributed by atoms with Gasteiger partial charge >= 0.3 is 0 Å². The fourth-order valence-corrected chi connectivity index (χ4v) is 7.85. The van der Waals surface area contributed by atoms with Gasteiger partial charge in [0, 0.05) is 16.7 Å². The van der Waals surface area contributed by atoms with Crippen molar-refractivity contribution in [3.63, 3.8) is 0 Å². The van der Waals surface area contributed by atoms with Gasteiger partial charge in [0.15, 0.2) is 17.5 Å². The summed E-state index contributed by atoms with van der Waals surface area (Å²) in [6.45, 7) is 0. The standard InChI is InChI=1S/C53H35N3/c1-3-16-36(17-4-1)39-22-11-24-41(34-39)51-54-52(56-53(55-51)50-28-10-9-27-49(50)47-31-13-21-38-20-7-8-26-43(38)47)42-25-12-23-40(35-42)45-30-15-32-46-44(29-14-33-48(45)46)37-18-5-2-6-19-37/h1-35H. The van der Waals surface area contributed by atoms with Gasteiger partial charge < -0.3 is 0 Å². The Labute approximate surface area is 326 Å². The lowest BCUT2D eigenvalue weighted by atomic mass is 9.92. The zero-order chi connectivity index (χ0) is 37.3. The van der Waals surface area contributed by atoms with E-state index >= 15 is 0 Å². The number of rotatable bonds is 7. The van der Waals surface area contributed by atoms with Crippen LogP contribution in [0.15, 0.2) is 212 Å². The molecule has 0 bridgehead atoms. The third-order valence-corrected chi connectivity index (χ3v) is 10.5. The molecule has 10 rings (SSSR count). The molecule has 0 atom stereocenters. The van der Waals surface area contributed by atoms with Crippen LogP contribution in [0.2, 0.25) is 0 Å². The maximum Gasteiger partial charge on any atom is 0.164 e. The van der Waals surface area contributed by atoms with Crippen LogP contribution in [0.3, 0.4) is 0 Å². The first kappa shape index (κ1) is 33.1. The minimum absolute atomic E-state index is 0.620. The molecule has 0 spiro atoms. The normalized spacial score (nSPS) is 11.2. The second-order valence-electron chi connectivity index (χ2n) is 14.0. The lowest BCUT2D eigenvalue weighted by Gasteiger charge is -2.14. The number of aromatic nitrogens is 3. The van der Waals surface area contributed by atoms with E-state index < -0.39 is 0 Å². The molecule has 56 heavy (non-hydrogen) atoms. The van der Waals surface area contributed by atoms with Crippen LogP contribution in [-0.4, -0.2) is 15.0 Å². The lowest BCUT2D eigenvalue weighted by Crippen LogP contribution is -2.01. The van der Waals surface area contributed by atoms with Crippen LogP contribution in [0.1, 0.15) is 0 Å². The second kappa shape index (κ2) is 14.4. The van der Waals surface area contributed by atoms with E-state index in [1.807, 2.05) is 6.07 Å². The van der Waals surface area contributed by atoms with E-state index in [-0.39, 0.29) is 0 Å². The minimum atomic E-state index is 0.620. The summed E-state index contributed by atoms with van der Waals surface area (Å²) >= 11 is 0. The molecule has 0 aliphatic rings. The molecule has 0 aliphatic carbocycles. The first-order valence-electron chi connectivity index (χ1n) is 18.9.